The highest BCUT2D eigenvalue weighted by molar-refractivity contribution is 7.80. The van der Waals surface area contributed by atoms with E-state index in [4.69, 9.17) is 21.7 Å². The first-order valence-electron chi connectivity index (χ1n) is 8.12. The molecule has 0 radical (unpaired) electrons. The second kappa shape index (κ2) is 14.3. The van der Waals surface area contributed by atoms with E-state index >= 15 is 0 Å². The largest absolute Gasteiger partial charge is 0.487 e. The number of carbonyl (C=O) groups is 1. The summed E-state index contributed by atoms with van der Waals surface area (Å²) in [5.41, 5.74) is 0. The Morgan fingerprint density at radius 3 is 2.00 bits per heavy atom. The van der Waals surface area contributed by atoms with Crippen molar-refractivity contribution in [3.63, 3.8) is 0 Å². The summed E-state index contributed by atoms with van der Waals surface area (Å²) in [4.78, 5) is 11.5. The van der Waals surface area contributed by atoms with Gasteiger partial charge < -0.3 is 14.6 Å². The molecule has 4 nitrogen and oxygen atoms in total. The van der Waals surface area contributed by atoms with Crippen molar-refractivity contribution in [1.29, 1.82) is 0 Å². The van der Waals surface area contributed by atoms with Gasteiger partial charge in [-0.05, 0) is 25.1 Å². The van der Waals surface area contributed by atoms with Crippen molar-refractivity contribution in [2.45, 2.75) is 77.7 Å². The second-order valence-corrected chi connectivity index (χ2v) is 5.68. The summed E-state index contributed by atoms with van der Waals surface area (Å²) in [6.07, 6.45) is 7.40. The lowest BCUT2D eigenvalue weighted by molar-refractivity contribution is -0.153. The first kappa shape index (κ1) is 20.3. The van der Waals surface area contributed by atoms with Gasteiger partial charge in [0.2, 0.25) is 0 Å². The number of unbranched alkanes of at least 4 members (excludes halogenated alkanes) is 6. The summed E-state index contributed by atoms with van der Waals surface area (Å²) >= 11 is 5.01. The van der Waals surface area contributed by atoms with E-state index in [1.807, 2.05) is 0 Å². The molecule has 0 aromatic rings. The van der Waals surface area contributed by atoms with Crippen LogP contribution in [-0.2, 0) is 14.3 Å². The maximum absolute atomic E-state index is 11.5. The minimum atomic E-state index is -1.21. The Labute approximate surface area is 134 Å². The number of carbonyl (C=O) groups excluding carboxylic acids is 1. The minimum Gasteiger partial charge on any atom is -0.487 e. The number of hydrogen-bond donors (Lipinski definition) is 1. The third-order valence-corrected chi connectivity index (χ3v) is 3.42. The van der Waals surface area contributed by atoms with Gasteiger partial charge >= 0.3 is 5.97 Å². The Balaban J connectivity index is 3.62. The highest BCUT2D eigenvalue weighted by Gasteiger charge is 2.19. The molecule has 0 aliphatic rings. The predicted molar refractivity (Wildman–Crippen MR) is 88.4 cm³/mol. The zero-order valence-electron chi connectivity index (χ0n) is 13.4. The van der Waals surface area contributed by atoms with Crippen LogP contribution >= 0.6 is 12.2 Å². The van der Waals surface area contributed by atoms with Gasteiger partial charge in [0.05, 0.1) is 19.6 Å². The van der Waals surface area contributed by atoms with Crippen molar-refractivity contribution in [3.05, 3.63) is 0 Å². The second-order valence-electron chi connectivity index (χ2n) is 5.23. The molecule has 0 fully saturated rings. The third kappa shape index (κ3) is 12.8. The van der Waals surface area contributed by atoms with Crippen LogP contribution in [0.3, 0.4) is 0 Å². The normalized spacial score (nSPS) is 12.0. The molecule has 0 spiro atoms. The Morgan fingerprint density at radius 1 is 0.952 bits per heavy atom. The fraction of sp³-hybridized carbons (Fsp3) is 0.875. The van der Waals surface area contributed by atoms with Crippen LogP contribution in [0.25, 0.3) is 0 Å². The Kier molecular flexibility index (Phi) is 13.8. The minimum absolute atomic E-state index is 0.0386. The molecule has 0 aliphatic carbocycles. The number of aliphatic hydroxyl groups excluding tert-OH is 1. The molecule has 0 rings (SSSR count). The number of hydrogen-bond acceptors (Lipinski definition) is 5. The molecule has 1 atom stereocenters. The zero-order chi connectivity index (χ0) is 15.9. The van der Waals surface area contributed by atoms with Gasteiger partial charge in [-0.25, -0.2) is 4.79 Å². The average Bonchev–Trinajstić information content (AvgIpc) is 2.46. The van der Waals surface area contributed by atoms with E-state index < -0.39 is 12.1 Å². The molecule has 5 heteroatoms. The van der Waals surface area contributed by atoms with Crippen molar-refractivity contribution < 1.29 is 19.4 Å². The van der Waals surface area contributed by atoms with Crippen LogP contribution < -0.4 is 0 Å². The first-order chi connectivity index (χ1) is 10.1. The standard InChI is InChI=1S/C16H30O4S/c1-3-5-7-9-11-19-15(21)13-14(17)16(18)20-12-10-8-6-4-2/h14,17H,3-13H2,1-2H3. The van der Waals surface area contributed by atoms with Gasteiger partial charge in [-0.15, -0.1) is 0 Å². The summed E-state index contributed by atoms with van der Waals surface area (Å²) in [5, 5.41) is 9.97. The van der Waals surface area contributed by atoms with Crippen LogP contribution in [0.5, 0.6) is 0 Å². The van der Waals surface area contributed by atoms with Gasteiger partial charge in [0.25, 0.3) is 0 Å². The molecule has 0 saturated carbocycles. The summed E-state index contributed by atoms with van der Waals surface area (Å²) in [5.74, 6) is -0.608. The topological polar surface area (TPSA) is 55.8 Å². The van der Waals surface area contributed by atoms with Crippen LogP contribution in [0, 0.1) is 0 Å². The number of rotatable bonds is 13. The molecule has 0 bridgehead atoms. The Hall–Kier alpha value is -0.680. The Bertz CT molecular complexity index is 281. The van der Waals surface area contributed by atoms with Crippen molar-refractivity contribution in [2.24, 2.45) is 0 Å². The molecule has 124 valence electrons. The molecule has 21 heavy (non-hydrogen) atoms. The summed E-state index contributed by atoms with van der Waals surface area (Å²) in [7, 11) is 0. The molecule has 0 aromatic carbocycles. The van der Waals surface area contributed by atoms with E-state index in [-0.39, 0.29) is 11.5 Å². The van der Waals surface area contributed by atoms with Crippen LogP contribution in [0.4, 0.5) is 0 Å². The maximum atomic E-state index is 11.5. The van der Waals surface area contributed by atoms with E-state index in [1.165, 1.54) is 12.8 Å². The van der Waals surface area contributed by atoms with Crippen molar-refractivity contribution in [3.8, 4) is 0 Å². The smallest absolute Gasteiger partial charge is 0.335 e. The summed E-state index contributed by atoms with van der Waals surface area (Å²) < 4.78 is 10.3. The molecule has 0 aromatic heterocycles. The highest BCUT2D eigenvalue weighted by atomic mass is 32.1. The van der Waals surface area contributed by atoms with E-state index in [1.54, 1.807) is 0 Å². The number of aliphatic hydroxyl groups is 1. The van der Waals surface area contributed by atoms with Crippen molar-refractivity contribution in [2.75, 3.05) is 13.2 Å². The zero-order valence-corrected chi connectivity index (χ0v) is 14.3. The SMILES string of the molecule is CCCCCCOC(=O)C(O)CC(=S)OCCCCCC. The number of esters is 1. The van der Waals surface area contributed by atoms with E-state index in [0.29, 0.717) is 13.2 Å². The van der Waals surface area contributed by atoms with Crippen LogP contribution in [0.2, 0.25) is 0 Å². The summed E-state index contributed by atoms with van der Waals surface area (Å²) in [6.45, 7) is 5.19. The summed E-state index contributed by atoms with van der Waals surface area (Å²) in [6, 6.07) is 0. The molecular formula is C16H30O4S. The first-order valence-corrected chi connectivity index (χ1v) is 8.52. The van der Waals surface area contributed by atoms with Gasteiger partial charge in [0, 0.05) is 0 Å². The lowest BCUT2D eigenvalue weighted by atomic mass is 10.2. The van der Waals surface area contributed by atoms with Gasteiger partial charge in [0.15, 0.2) is 11.2 Å². The predicted octanol–water partition coefficient (Wildman–Crippen LogP) is 3.79. The van der Waals surface area contributed by atoms with Gasteiger partial charge in [-0.1, -0.05) is 52.4 Å². The van der Waals surface area contributed by atoms with E-state index in [0.717, 1.165) is 38.5 Å². The van der Waals surface area contributed by atoms with Crippen LogP contribution in [-0.4, -0.2) is 35.4 Å². The van der Waals surface area contributed by atoms with E-state index in [2.05, 4.69) is 13.8 Å². The lowest BCUT2D eigenvalue weighted by Gasteiger charge is -2.12. The maximum Gasteiger partial charge on any atom is 0.335 e. The number of thiocarbonyl (C=S) groups is 1. The quantitative estimate of drug-likeness (QED) is 0.318. The van der Waals surface area contributed by atoms with Crippen LogP contribution in [0.1, 0.15) is 71.6 Å². The van der Waals surface area contributed by atoms with Crippen molar-refractivity contribution in [1.82, 2.24) is 0 Å². The average molecular weight is 318 g/mol. The fourth-order valence-corrected chi connectivity index (χ4v) is 2.05. The molecule has 0 heterocycles. The Morgan fingerprint density at radius 2 is 1.48 bits per heavy atom. The molecule has 1 unspecified atom stereocenters. The van der Waals surface area contributed by atoms with Gasteiger partial charge in [-0.3, -0.25) is 0 Å². The highest BCUT2D eigenvalue weighted by Crippen LogP contribution is 2.05. The molecular weight excluding hydrogens is 288 g/mol. The lowest BCUT2D eigenvalue weighted by Crippen LogP contribution is -2.26. The third-order valence-electron chi connectivity index (χ3n) is 3.14. The molecule has 0 amide bonds. The van der Waals surface area contributed by atoms with Gasteiger partial charge in [0.1, 0.15) is 0 Å². The molecule has 1 N–H and O–H groups in total. The van der Waals surface area contributed by atoms with Gasteiger partial charge in [-0.2, -0.15) is 0 Å². The van der Waals surface area contributed by atoms with Crippen molar-refractivity contribution >= 4 is 23.2 Å². The monoisotopic (exact) mass is 318 g/mol. The van der Waals surface area contributed by atoms with E-state index in [9.17, 15) is 9.90 Å². The molecule has 0 aliphatic heterocycles. The number of ether oxygens (including phenoxy) is 2. The molecule has 0 saturated heterocycles. The fourth-order valence-electron chi connectivity index (χ4n) is 1.81. The van der Waals surface area contributed by atoms with Crippen LogP contribution in [0.15, 0.2) is 0 Å².